The average Bonchev–Trinajstić information content (AvgIpc) is 2.54. The second kappa shape index (κ2) is 5.79. The summed E-state index contributed by atoms with van der Waals surface area (Å²) in [5, 5.41) is 11.6. The van der Waals surface area contributed by atoms with E-state index in [1.54, 1.807) is 6.92 Å². The van der Waals surface area contributed by atoms with Gasteiger partial charge in [-0.3, -0.25) is 19.7 Å². The van der Waals surface area contributed by atoms with E-state index < -0.39 is 31.8 Å². The van der Waals surface area contributed by atoms with Crippen LogP contribution in [0.5, 0.6) is 0 Å². The predicted octanol–water partition coefficient (Wildman–Crippen LogP) is 0.576. The molecule has 0 aliphatic heterocycles. The van der Waals surface area contributed by atoms with Gasteiger partial charge in [0.15, 0.2) is 0 Å². The van der Waals surface area contributed by atoms with E-state index >= 15 is 0 Å². The van der Waals surface area contributed by atoms with Crippen LogP contribution in [0.25, 0.3) is 21.8 Å². The number of benzene rings is 2. The summed E-state index contributed by atoms with van der Waals surface area (Å²) in [4.78, 5) is 38.2. The van der Waals surface area contributed by atoms with Crippen molar-refractivity contribution < 1.29 is 13.3 Å². The maximum absolute atomic E-state index is 12.1. The minimum atomic E-state index is -3.81. The topological polar surface area (TPSA) is 155 Å². The molecular weight excluding hydrogens is 352 g/mol. The van der Waals surface area contributed by atoms with Gasteiger partial charge < -0.3 is 9.97 Å². The lowest BCUT2D eigenvalue weighted by Crippen LogP contribution is -2.29. The molecule has 0 atom stereocenters. The summed E-state index contributed by atoms with van der Waals surface area (Å²) in [6.07, 6.45) is 0. The summed E-state index contributed by atoms with van der Waals surface area (Å²) in [5.74, 6) is 0. The van der Waals surface area contributed by atoms with Crippen LogP contribution in [0.2, 0.25) is 0 Å². The number of hydrogen-bond donors (Lipinski definition) is 3. The highest BCUT2D eigenvalue weighted by Gasteiger charge is 2.20. The molecule has 130 valence electrons. The number of rotatable bonds is 4. The summed E-state index contributed by atoms with van der Waals surface area (Å²) in [6, 6.07) is 4.86. The molecule has 0 bridgehead atoms. The van der Waals surface area contributed by atoms with Crippen LogP contribution >= 0.6 is 0 Å². The number of non-ortho nitro benzene ring substituents is 1. The maximum atomic E-state index is 12.1. The van der Waals surface area contributed by atoms with Gasteiger partial charge in [-0.05, 0) is 12.1 Å². The molecule has 3 N–H and O–H groups in total. The number of nitro benzene ring substituents is 1. The first kappa shape index (κ1) is 16.8. The lowest BCUT2D eigenvalue weighted by Gasteiger charge is -2.08. The fourth-order valence-electron chi connectivity index (χ4n) is 2.56. The smallest absolute Gasteiger partial charge is 0.314 e. The number of aromatic nitrogens is 2. The SMILES string of the molecule is CCNS(=O)(=O)c1ccc2c(c1)c([N+](=O)[O-])cc1[nH]c(=O)c(=O)[nH]c12. The van der Waals surface area contributed by atoms with E-state index in [-0.39, 0.29) is 33.2 Å². The minimum absolute atomic E-state index is 0.0270. The minimum Gasteiger partial charge on any atom is -0.316 e. The Kier molecular flexibility index (Phi) is 3.89. The molecule has 0 spiro atoms. The number of nitro groups is 1. The van der Waals surface area contributed by atoms with E-state index in [0.717, 1.165) is 12.1 Å². The van der Waals surface area contributed by atoms with Crippen LogP contribution in [0.15, 0.2) is 38.8 Å². The standard InChI is InChI=1S/C14H12N4O6S/c1-2-15-25(23,24)7-3-4-8-9(5-7)11(18(21)22)6-10-12(8)17-14(20)13(19)16-10/h3-6,15H,2H2,1H3,(H,16,19)(H,17,20). The van der Waals surface area contributed by atoms with Crippen molar-refractivity contribution in [2.75, 3.05) is 6.54 Å². The average molecular weight is 364 g/mol. The number of fused-ring (bicyclic) bond motifs is 3. The van der Waals surface area contributed by atoms with Gasteiger partial charge in [0.1, 0.15) is 0 Å². The largest absolute Gasteiger partial charge is 0.316 e. The zero-order valence-corrected chi connectivity index (χ0v) is 13.6. The van der Waals surface area contributed by atoms with Crippen molar-refractivity contribution in [3.8, 4) is 0 Å². The van der Waals surface area contributed by atoms with E-state index in [1.807, 2.05) is 0 Å². The van der Waals surface area contributed by atoms with Crippen molar-refractivity contribution >= 4 is 37.5 Å². The molecule has 0 fully saturated rings. The zero-order chi connectivity index (χ0) is 18.4. The highest BCUT2D eigenvalue weighted by molar-refractivity contribution is 7.89. The molecule has 11 heteroatoms. The molecule has 0 saturated carbocycles. The highest BCUT2D eigenvalue weighted by Crippen LogP contribution is 2.32. The van der Waals surface area contributed by atoms with Gasteiger partial charge in [-0.1, -0.05) is 13.0 Å². The van der Waals surface area contributed by atoms with Crippen molar-refractivity contribution in [1.82, 2.24) is 14.7 Å². The quantitative estimate of drug-likeness (QED) is 0.266. The third-order valence-corrected chi connectivity index (χ3v) is 5.16. The molecule has 3 aromatic rings. The van der Waals surface area contributed by atoms with Crippen molar-refractivity contribution in [2.45, 2.75) is 11.8 Å². The van der Waals surface area contributed by atoms with Crippen molar-refractivity contribution in [1.29, 1.82) is 0 Å². The second-order valence-corrected chi connectivity index (χ2v) is 6.96. The van der Waals surface area contributed by atoms with Crippen LogP contribution in [0.3, 0.4) is 0 Å². The lowest BCUT2D eigenvalue weighted by atomic mass is 10.1. The number of H-pyrrole nitrogens is 2. The van der Waals surface area contributed by atoms with Crippen LogP contribution in [-0.4, -0.2) is 29.9 Å². The summed E-state index contributed by atoms with van der Waals surface area (Å²) in [6.45, 7) is 1.77. The summed E-state index contributed by atoms with van der Waals surface area (Å²) in [7, 11) is -3.81. The Hall–Kier alpha value is -3.05. The molecule has 0 aliphatic carbocycles. The molecule has 10 nitrogen and oxygen atoms in total. The Morgan fingerprint density at radius 1 is 1.12 bits per heavy atom. The van der Waals surface area contributed by atoms with Gasteiger partial charge in [0.2, 0.25) is 10.0 Å². The van der Waals surface area contributed by atoms with Gasteiger partial charge in [-0.15, -0.1) is 0 Å². The van der Waals surface area contributed by atoms with Crippen LogP contribution in [0, 0.1) is 10.1 Å². The molecule has 0 amide bonds. The molecule has 0 saturated heterocycles. The summed E-state index contributed by atoms with van der Waals surface area (Å²) >= 11 is 0. The fraction of sp³-hybridized carbons (Fsp3) is 0.143. The van der Waals surface area contributed by atoms with Gasteiger partial charge >= 0.3 is 11.1 Å². The molecule has 0 radical (unpaired) electrons. The molecule has 1 aromatic heterocycles. The molecule has 1 heterocycles. The Bertz CT molecular complexity index is 1240. The Labute approximate surface area is 139 Å². The molecule has 25 heavy (non-hydrogen) atoms. The van der Waals surface area contributed by atoms with Gasteiger partial charge in [-0.2, -0.15) is 0 Å². The van der Waals surface area contributed by atoms with Crippen molar-refractivity contribution in [3.05, 3.63) is 55.1 Å². The van der Waals surface area contributed by atoms with Crippen LogP contribution in [-0.2, 0) is 10.0 Å². The van der Waals surface area contributed by atoms with Gasteiger partial charge in [0, 0.05) is 18.0 Å². The zero-order valence-electron chi connectivity index (χ0n) is 12.8. The van der Waals surface area contributed by atoms with Crippen LogP contribution in [0.4, 0.5) is 5.69 Å². The van der Waals surface area contributed by atoms with Gasteiger partial charge in [0.05, 0.1) is 26.2 Å². The van der Waals surface area contributed by atoms with E-state index in [0.29, 0.717) is 0 Å². The predicted molar refractivity (Wildman–Crippen MR) is 90.2 cm³/mol. The first-order valence-electron chi connectivity index (χ1n) is 7.11. The second-order valence-electron chi connectivity index (χ2n) is 5.19. The normalized spacial score (nSPS) is 11.9. The molecule has 3 rings (SSSR count). The third kappa shape index (κ3) is 2.79. The maximum Gasteiger partial charge on any atom is 0.314 e. The number of sulfonamides is 1. The van der Waals surface area contributed by atoms with E-state index in [2.05, 4.69) is 14.7 Å². The van der Waals surface area contributed by atoms with E-state index in [4.69, 9.17) is 0 Å². The number of nitrogens with zero attached hydrogens (tertiary/aromatic N) is 1. The summed E-state index contributed by atoms with van der Waals surface area (Å²) in [5.41, 5.74) is -1.98. The highest BCUT2D eigenvalue weighted by atomic mass is 32.2. The number of aromatic amines is 2. The Balaban J connectivity index is 2.47. The first-order chi connectivity index (χ1) is 11.7. The molecule has 2 aromatic carbocycles. The van der Waals surface area contributed by atoms with Crippen LogP contribution < -0.4 is 15.8 Å². The van der Waals surface area contributed by atoms with Gasteiger partial charge in [0.25, 0.3) is 5.69 Å². The number of hydrogen-bond acceptors (Lipinski definition) is 6. The van der Waals surface area contributed by atoms with Crippen molar-refractivity contribution in [3.63, 3.8) is 0 Å². The Morgan fingerprint density at radius 2 is 1.80 bits per heavy atom. The van der Waals surface area contributed by atoms with E-state index in [9.17, 15) is 28.1 Å². The van der Waals surface area contributed by atoms with E-state index in [1.165, 1.54) is 12.1 Å². The van der Waals surface area contributed by atoms with Gasteiger partial charge in [-0.25, -0.2) is 13.1 Å². The summed E-state index contributed by atoms with van der Waals surface area (Å²) < 4.78 is 26.6. The Morgan fingerprint density at radius 3 is 2.44 bits per heavy atom. The molecular formula is C14H12N4O6S. The lowest BCUT2D eigenvalue weighted by molar-refractivity contribution is -0.383. The monoisotopic (exact) mass is 364 g/mol. The third-order valence-electron chi connectivity index (χ3n) is 3.62. The first-order valence-corrected chi connectivity index (χ1v) is 8.60. The molecule has 0 unspecified atom stereocenters. The van der Waals surface area contributed by atoms with Crippen molar-refractivity contribution in [2.24, 2.45) is 0 Å². The fourth-order valence-corrected chi connectivity index (χ4v) is 3.63. The van der Waals surface area contributed by atoms with Crippen LogP contribution in [0.1, 0.15) is 6.92 Å². The number of nitrogens with one attached hydrogen (secondary N) is 3. The molecule has 0 aliphatic rings.